The Hall–Kier alpha value is -2.61. The Balaban J connectivity index is 1.61. The van der Waals surface area contributed by atoms with E-state index in [9.17, 15) is 4.79 Å². The predicted octanol–water partition coefficient (Wildman–Crippen LogP) is 4.26. The number of nitrogens with zero attached hydrogens (tertiary/aromatic N) is 2. The molecule has 29 heavy (non-hydrogen) atoms. The maximum Gasteiger partial charge on any atom is 0.272 e. The number of ether oxygens (including phenoxy) is 3. The van der Waals surface area contributed by atoms with Gasteiger partial charge in [-0.3, -0.25) is 4.79 Å². The minimum absolute atomic E-state index is 0.217. The van der Waals surface area contributed by atoms with Crippen LogP contribution in [0.1, 0.15) is 12.5 Å². The highest BCUT2D eigenvalue weighted by Gasteiger charge is 2.12. The van der Waals surface area contributed by atoms with Crippen molar-refractivity contribution in [2.75, 3.05) is 20.0 Å². The van der Waals surface area contributed by atoms with Crippen molar-refractivity contribution in [1.29, 1.82) is 0 Å². The Morgan fingerprint density at radius 2 is 2.14 bits per heavy atom. The van der Waals surface area contributed by atoms with E-state index in [4.69, 9.17) is 25.8 Å². The van der Waals surface area contributed by atoms with Gasteiger partial charge in [-0.15, -0.1) is 0 Å². The first-order chi connectivity index (χ1) is 14.1. The minimum atomic E-state index is -0.342. The van der Waals surface area contributed by atoms with E-state index in [1.165, 1.54) is 17.4 Å². The third-order valence-corrected chi connectivity index (χ3v) is 5.61. The van der Waals surface area contributed by atoms with E-state index in [0.717, 1.165) is 15.8 Å². The fourth-order valence-corrected chi connectivity index (χ4v) is 4.30. The Labute approximate surface area is 176 Å². The molecule has 0 fully saturated rings. The molecule has 1 aliphatic rings. The molecule has 3 aromatic rings. The van der Waals surface area contributed by atoms with Crippen molar-refractivity contribution < 1.29 is 19.0 Å². The largest absolute Gasteiger partial charge is 0.454 e. The summed E-state index contributed by atoms with van der Waals surface area (Å²) >= 11 is 7.54. The van der Waals surface area contributed by atoms with Crippen LogP contribution >= 0.6 is 22.9 Å². The summed E-state index contributed by atoms with van der Waals surface area (Å²) in [7, 11) is 0. The van der Waals surface area contributed by atoms with Crippen LogP contribution in [0.3, 0.4) is 0 Å². The molecule has 0 unspecified atom stereocenters. The highest BCUT2D eigenvalue weighted by atomic mass is 35.5. The van der Waals surface area contributed by atoms with Crippen molar-refractivity contribution in [3.8, 4) is 11.5 Å². The molecule has 0 saturated carbocycles. The molecule has 0 saturated heterocycles. The van der Waals surface area contributed by atoms with Gasteiger partial charge in [-0.05, 0) is 48.9 Å². The van der Waals surface area contributed by atoms with Gasteiger partial charge in [0.1, 0.15) is 0 Å². The number of hydrogen-bond acceptors (Lipinski definition) is 5. The summed E-state index contributed by atoms with van der Waals surface area (Å²) in [6, 6.07) is 11.2. The van der Waals surface area contributed by atoms with E-state index in [1.54, 1.807) is 6.08 Å². The Morgan fingerprint density at radius 3 is 3.00 bits per heavy atom. The lowest BCUT2D eigenvalue weighted by molar-refractivity contribution is -0.113. The van der Waals surface area contributed by atoms with E-state index in [0.29, 0.717) is 41.1 Å². The topological polar surface area (TPSA) is 62.1 Å². The van der Waals surface area contributed by atoms with Crippen molar-refractivity contribution in [3.63, 3.8) is 0 Å². The number of hydrogen-bond donors (Lipinski definition) is 0. The first-order valence-electron chi connectivity index (χ1n) is 9.17. The summed E-state index contributed by atoms with van der Waals surface area (Å²) in [6.07, 6.45) is 3.16. The van der Waals surface area contributed by atoms with E-state index in [2.05, 4.69) is 4.99 Å². The molecule has 0 N–H and O–H groups in total. The van der Waals surface area contributed by atoms with Crippen LogP contribution in [-0.4, -0.2) is 30.5 Å². The van der Waals surface area contributed by atoms with Gasteiger partial charge in [-0.1, -0.05) is 29.0 Å². The molecule has 2 aromatic carbocycles. The Bertz CT molecular complexity index is 1150. The van der Waals surface area contributed by atoms with Crippen molar-refractivity contribution in [2.24, 2.45) is 4.99 Å². The van der Waals surface area contributed by atoms with Gasteiger partial charge >= 0.3 is 0 Å². The number of carbonyl (C=O) groups is 1. The van der Waals surface area contributed by atoms with Gasteiger partial charge in [-0.2, -0.15) is 4.99 Å². The minimum Gasteiger partial charge on any atom is -0.454 e. The SMILES string of the molecule is CCOCCn1c(=NC(=O)C=Cc2ccc3c(c2)OCO3)sc2cc(Cl)ccc21. The van der Waals surface area contributed by atoms with Gasteiger partial charge < -0.3 is 18.8 Å². The molecule has 1 aromatic heterocycles. The Kier molecular flexibility index (Phi) is 5.99. The number of carbonyl (C=O) groups excluding carboxylic acids is 1. The van der Waals surface area contributed by atoms with Gasteiger partial charge in [-0.25, -0.2) is 0 Å². The number of halogens is 1. The maximum atomic E-state index is 12.5. The van der Waals surface area contributed by atoms with Crippen LogP contribution < -0.4 is 14.3 Å². The lowest BCUT2D eigenvalue weighted by Gasteiger charge is -2.05. The summed E-state index contributed by atoms with van der Waals surface area (Å²) in [5.74, 6) is 1.04. The van der Waals surface area contributed by atoms with Crippen LogP contribution in [0.15, 0.2) is 47.5 Å². The van der Waals surface area contributed by atoms with Crippen LogP contribution in [0.2, 0.25) is 5.02 Å². The number of amides is 1. The lowest BCUT2D eigenvalue weighted by atomic mass is 10.2. The Morgan fingerprint density at radius 1 is 1.28 bits per heavy atom. The van der Waals surface area contributed by atoms with Crippen molar-refractivity contribution in [2.45, 2.75) is 13.5 Å². The van der Waals surface area contributed by atoms with Crippen LogP contribution in [0.5, 0.6) is 11.5 Å². The van der Waals surface area contributed by atoms with Crippen LogP contribution in [0, 0.1) is 0 Å². The van der Waals surface area contributed by atoms with Crippen molar-refractivity contribution in [3.05, 3.63) is 57.9 Å². The van der Waals surface area contributed by atoms with E-state index in [1.807, 2.05) is 47.9 Å². The first-order valence-corrected chi connectivity index (χ1v) is 10.4. The van der Waals surface area contributed by atoms with Crippen molar-refractivity contribution >= 4 is 45.1 Å². The molecule has 0 spiro atoms. The second-order valence-corrected chi connectivity index (χ2v) is 7.69. The van der Waals surface area contributed by atoms with Crippen LogP contribution in [0.4, 0.5) is 0 Å². The molecule has 1 aliphatic heterocycles. The summed E-state index contributed by atoms with van der Waals surface area (Å²) < 4.78 is 19.1. The second-order valence-electron chi connectivity index (χ2n) is 6.24. The predicted molar refractivity (Wildman–Crippen MR) is 113 cm³/mol. The molecular weight excluding hydrogens is 412 g/mol. The molecule has 0 atom stereocenters. The molecule has 4 rings (SSSR count). The first kappa shape index (κ1) is 19.7. The monoisotopic (exact) mass is 430 g/mol. The number of benzene rings is 2. The van der Waals surface area contributed by atoms with Crippen molar-refractivity contribution in [1.82, 2.24) is 4.57 Å². The average molecular weight is 431 g/mol. The summed E-state index contributed by atoms with van der Waals surface area (Å²) in [6.45, 7) is 3.95. The summed E-state index contributed by atoms with van der Waals surface area (Å²) in [5, 5.41) is 0.649. The van der Waals surface area contributed by atoms with Crippen LogP contribution in [-0.2, 0) is 16.1 Å². The van der Waals surface area contributed by atoms with Gasteiger partial charge in [0, 0.05) is 24.3 Å². The average Bonchev–Trinajstić information content (AvgIpc) is 3.30. The van der Waals surface area contributed by atoms with E-state index >= 15 is 0 Å². The molecule has 6 nitrogen and oxygen atoms in total. The molecule has 2 heterocycles. The molecule has 0 bridgehead atoms. The third-order valence-electron chi connectivity index (χ3n) is 4.33. The highest BCUT2D eigenvalue weighted by molar-refractivity contribution is 7.16. The zero-order valence-electron chi connectivity index (χ0n) is 15.8. The van der Waals surface area contributed by atoms with Gasteiger partial charge in [0.25, 0.3) is 5.91 Å². The van der Waals surface area contributed by atoms with E-state index in [-0.39, 0.29) is 12.7 Å². The lowest BCUT2D eigenvalue weighted by Crippen LogP contribution is -2.19. The summed E-state index contributed by atoms with van der Waals surface area (Å²) in [4.78, 5) is 17.4. The normalized spacial score (nSPS) is 13.7. The number of rotatable bonds is 6. The number of aromatic nitrogens is 1. The number of thiazole rings is 1. The highest BCUT2D eigenvalue weighted by Crippen LogP contribution is 2.32. The van der Waals surface area contributed by atoms with Gasteiger partial charge in [0.15, 0.2) is 16.3 Å². The quantitative estimate of drug-likeness (QED) is 0.433. The van der Waals surface area contributed by atoms with Gasteiger partial charge in [0.05, 0.1) is 16.8 Å². The number of fused-ring (bicyclic) bond motifs is 2. The fourth-order valence-electron chi connectivity index (χ4n) is 2.96. The molecular formula is C21H19ClN2O4S. The standard InChI is InChI=1S/C21H19ClN2O4S/c1-2-26-10-9-24-16-6-5-15(22)12-19(16)29-21(24)23-20(25)8-4-14-3-7-17-18(11-14)28-13-27-17/h3-8,11-12H,2,9-10,13H2,1H3. The molecule has 0 radical (unpaired) electrons. The smallest absolute Gasteiger partial charge is 0.272 e. The molecule has 0 aliphatic carbocycles. The van der Waals surface area contributed by atoms with Gasteiger partial charge in [0.2, 0.25) is 6.79 Å². The maximum absolute atomic E-state index is 12.5. The molecule has 150 valence electrons. The zero-order valence-corrected chi connectivity index (χ0v) is 17.3. The second kappa shape index (κ2) is 8.82. The van der Waals surface area contributed by atoms with Crippen LogP contribution in [0.25, 0.3) is 16.3 Å². The fraction of sp³-hybridized carbons (Fsp3) is 0.238. The third kappa shape index (κ3) is 4.53. The zero-order chi connectivity index (χ0) is 20.2. The summed E-state index contributed by atoms with van der Waals surface area (Å²) in [5.41, 5.74) is 1.82. The molecule has 8 heteroatoms. The van der Waals surface area contributed by atoms with E-state index < -0.39 is 0 Å². The molecule has 1 amide bonds.